The number of esters is 1. The van der Waals surface area contributed by atoms with Crippen molar-refractivity contribution in [3.05, 3.63) is 12.2 Å². The van der Waals surface area contributed by atoms with Gasteiger partial charge in [-0.15, -0.1) is 0 Å². The lowest BCUT2D eigenvalue weighted by molar-refractivity contribution is -0.156. The number of ketones is 1. The Morgan fingerprint density at radius 3 is 2.75 bits per heavy atom. The summed E-state index contributed by atoms with van der Waals surface area (Å²) >= 11 is 0. The predicted molar refractivity (Wildman–Crippen MR) is 57.5 cm³/mol. The van der Waals surface area contributed by atoms with Crippen LogP contribution in [0, 0.1) is 23.2 Å². The van der Waals surface area contributed by atoms with E-state index in [9.17, 15) is 9.59 Å². The molecular weight excluding hydrogens is 204 g/mol. The molecule has 2 bridgehead atoms. The second kappa shape index (κ2) is 3.19. The third-order valence-corrected chi connectivity index (χ3v) is 4.49. The SMILES string of the molecule is CCOC(=O)C(=O)[C@H]1[C@@H]2C=C[C@@H](C2)C12CC2. The Balaban J connectivity index is 1.83. The van der Waals surface area contributed by atoms with Crippen LogP contribution in [0.1, 0.15) is 26.2 Å². The molecule has 0 N–H and O–H groups in total. The number of ether oxygens (including phenoxy) is 1. The van der Waals surface area contributed by atoms with E-state index in [1.165, 1.54) is 0 Å². The van der Waals surface area contributed by atoms with E-state index in [2.05, 4.69) is 12.2 Å². The molecule has 2 fully saturated rings. The predicted octanol–water partition coefficient (Wildman–Crippen LogP) is 1.72. The van der Waals surface area contributed by atoms with Gasteiger partial charge in [0, 0.05) is 5.92 Å². The molecule has 0 saturated heterocycles. The van der Waals surface area contributed by atoms with Gasteiger partial charge in [0.25, 0.3) is 0 Å². The molecule has 0 unspecified atom stereocenters. The fourth-order valence-corrected chi connectivity index (χ4v) is 3.67. The van der Waals surface area contributed by atoms with Crippen molar-refractivity contribution in [3.8, 4) is 0 Å². The standard InChI is InChI=1S/C13H16O3/c1-2-16-12(15)11(14)10-8-3-4-9(7-8)13(10)5-6-13/h3-4,8-10H,2,5-7H2,1H3/t8-,9+,10-/m1/s1. The Hall–Kier alpha value is -1.12. The molecule has 2 saturated carbocycles. The average Bonchev–Trinajstić information content (AvgIpc) is 2.78. The van der Waals surface area contributed by atoms with Crippen LogP contribution in [0.4, 0.5) is 0 Å². The van der Waals surface area contributed by atoms with Crippen LogP contribution in [0.3, 0.4) is 0 Å². The van der Waals surface area contributed by atoms with Crippen molar-refractivity contribution in [1.82, 2.24) is 0 Å². The Morgan fingerprint density at radius 1 is 1.38 bits per heavy atom. The van der Waals surface area contributed by atoms with Gasteiger partial charge in [-0.3, -0.25) is 4.79 Å². The Labute approximate surface area is 94.8 Å². The minimum Gasteiger partial charge on any atom is -0.460 e. The van der Waals surface area contributed by atoms with Crippen molar-refractivity contribution in [2.45, 2.75) is 26.2 Å². The van der Waals surface area contributed by atoms with E-state index in [-0.39, 0.29) is 23.7 Å². The van der Waals surface area contributed by atoms with Crippen molar-refractivity contribution in [2.75, 3.05) is 6.61 Å². The first-order valence-electron chi connectivity index (χ1n) is 6.08. The minimum atomic E-state index is -0.625. The molecule has 3 rings (SSSR count). The molecule has 0 aromatic rings. The molecule has 0 radical (unpaired) electrons. The smallest absolute Gasteiger partial charge is 0.374 e. The quantitative estimate of drug-likeness (QED) is 0.413. The van der Waals surface area contributed by atoms with E-state index in [0.29, 0.717) is 11.8 Å². The zero-order valence-corrected chi connectivity index (χ0v) is 9.44. The summed E-state index contributed by atoms with van der Waals surface area (Å²) in [5.41, 5.74) is 0.142. The maximum Gasteiger partial charge on any atom is 0.374 e. The Kier molecular flexibility index (Phi) is 2.00. The molecule has 0 amide bonds. The topological polar surface area (TPSA) is 43.4 Å². The van der Waals surface area contributed by atoms with Gasteiger partial charge < -0.3 is 4.74 Å². The first kappa shape index (κ1) is 10.1. The molecule has 0 heterocycles. The summed E-state index contributed by atoms with van der Waals surface area (Å²) in [6, 6.07) is 0. The maximum absolute atomic E-state index is 12.1. The van der Waals surface area contributed by atoms with Crippen molar-refractivity contribution in [2.24, 2.45) is 23.2 Å². The summed E-state index contributed by atoms with van der Waals surface area (Å²) in [5.74, 6) is -0.150. The van der Waals surface area contributed by atoms with Crippen molar-refractivity contribution in [3.63, 3.8) is 0 Å². The van der Waals surface area contributed by atoms with E-state index in [0.717, 1.165) is 19.3 Å². The lowest BCUT2D eigenvalue weighted by Crippen LogP contribution is -2.35. The summed E-state index contributed by atoms with van der Waals surface area (Å²) in [7, 11) is 0. The zero-order chi connectivity index (χ0) is 11.3. The lowest BCUT2D eigenvalue weighted by Gasteiger charge is -2.25. The first-order chi connectivity index (χ1) is 7.69. The molecule has 1 spiro atoms. The Bertz CT molecular complexity index is 379. The average molecular weight is 220 g/mol. The van der Waals surface area contributed by atoms with Gasteiger partial charge in [-0.2, -0.15) is 0 Å². The highest BCUT2D eigenvalue weighted by Gasteiger charge is 2.65. The van der Waals surface area contributed by atoms with Crippen LogP contribution in [-0.4, -0.2) is 18.4 Å². The fourth-order valence-electron chi connectivity index (χ4n) is 3.67. The Morgan fingerprint density at radius 2 is 2.12 bits per heavy atom. The highest BCUT2D eigenvalue weighted by Crippen LogP contribution is 2.69. The largest absolute Gasteiger partial charge is 0.460 e. The van der Waals surface area contributed by atoms with Gasteiger partial charge in [-0.25, -0.2) is 4.79 Å². The van der Waals surface area contributed by atoms with Crippen LogP contribution >= 0.6 is 0 Å². The van der Waals surface area contributed by atoms with E-state index >= 15 is 0 Å². The van der Waals surface area contributed by atoms with Gasteiger partial charge in [0.1, 0.15) is 0 Å². The number of hydrogen-bond donors (Lipinski definition) is 0. The zero-order valence-electron chi connectivity index (χ0n) is 9.44. The van der Waals surface area contributed by atoms with Gasteiger partial charge in [0.05, 0.1) is 6.61 Å². The normalized spacial score (nSPS) is 36.7. The molecule has 3 atom stereocenters. The van der Waals surface area contributed by atoms with E-state index in [1.807, 2.05) is 0 Å². The van der Waals surface area contributed by atoms with Crippen molar-refractivity contribution < 1.29 is 14.3 Å². The third-order valence-electron chi connectivity index (χ3n) is 4.49. The number of rotatable bonds is 3. The van der Waals surface area contributed by atoms with Gasteiger partial charge in [-0.1, -0.05) is 12.2 Å². The second-order valence-electron chi connectivity index (χ2n) is 5.19. The maximum atomic E-state index is 12.1. The van der Waals surface area contributed by atoms with Gasteiger partial charge >= 0.3 is 5.97 Å². The van der Waals surface area contributed by atoms with Crippen LogP contribution in [0.25, 0.3) is 0 Å². The van der Waals surface area contributed by atoms with Gasteiger partial charge in [0.15, 0.2) is 0 Å². The lowest BCUT2D eigenvalue weighted by atomic mass is 9.77. The second-order valence-corrected chi connectivity index (χ2v) is 5.19. The molecule has 86 valence electrons. The first-order valence-corrected chi connectivity index (χ1v) is 6.08. The summed E-state index contributed by atoms with van der Waals surface area (Å²) < 4.78 is 4.83. The number of Topliss-reactive ketones (excluding diaryl/α,β-unsaturated/α-hetero) is 1. The summed E-state index contributed by atoms with van der Waals surface area (Å²) in [5, 5.41) is 0. The monoisotopic (exact) mass is 220 g/mol. The van der Waals surface area contributed by atoms with Gasteiger partial charge in [0.2, 0.25) is 5.78 Å². The molecule has 0 aromatic carbocycles. The molecule has 3 aliphatic carbocycles. The fraction of sp³-hybridized carbons (Fsp3) is 0.692. The molecule has 16 heavy (non-hydrogen) atoms. The molecule has 3 heteroatoms. The number of hydrogen-bond acceptors (Lipinski definition) is 3. The van der Waals surface area contributed by atoms with E-state index in [4.69, 9.17) is 4.74 Å². The number of allylic oxidation sites excluding steroid dienone is 2. The van der Waals surface area contributed by atoms with Crippen LogP contribution < -0.4 is 0 Å². The molecule has 3 nitrogen and oxygen atoms in total. The number of carbonyl (C=O) groups is 2. The summed E-state index contributed by atoms with van der Waals surface area (Å²) in [4.78, 5) is 23.6. The summed E-state index contributed by atoms with van der Waals surface area (Å²) in [6.07, 6.45) is 7.64. The molecule has 3 aliphatic rings. The van der Waals surface area contributed by atoms with Crippen LogP contribution in [-0.2, 0) is 14.3 Å². The molecule has 0 aliphatic heterocycles. The van der Waals surface area contributed by atoms with Crippen LogP contribution in [0.2, 0.25) is 0 Å². The number of fused-ring (bicyclic) bond motifs is 3. The van der Waals surface area contributed by atoms with Gasteiger partial charge in [-0.05, 0) is 43.4 Å². The highest BCUT2D eigenvalue weighted by molar-refractivity contribution is 6.35. The van der Waals surface area contributed by atoms with Crippen molar-refractivity contribution >= 4 is 11.8 Å². The summed E-state index contributed by atoms with van der Waals surface area (Å²) in [6.45, 7) is 2.02. The third kappa shape index (κ3) is 1.14. The minimum absolute atomic E-state index is 0.0819. The molecular formula is C13H16O3. The van der Waals surface area contributed by atoms with E-state index < -0.39 is 5.97 Å². The van der Waals surface area contributed by atoms with Crippen LogP contribution in [0.5, 0.6) is 0 Å². The van der Waals surface area contributed by atoms with Crippen LogP contribution in [0.15, 0.2) is 12.2 Å². The van der Waals surface area contributed by atoms with Crippen molar-refractivity contribution in [1.29, 1.82) is 0 Å². The highest BCUT2D eigenvalue weighted by atomic mass is 16.5. The van der Waals surface area contributed by atoms with E-state index in [1.54, 1.807) is 6.92 Å². The number of carbonyl (C=O) groups excluding carboxylic acids is 2. The molecule has 0 aromatic heterocycles.